The molecule has 2 amide bonds. The summed E-state index contributed by atoms with van der Waals surface area (Å²) in [6.07, 6.45) is 0. The predicted octanol–water partition coefficient (Wildman–Crippen LogP) is 0.207. The van der Waals surface area contributed by atoms with Crippen LogP contribution < -0.4 is 5.32 Å². The van der Waals surface area contributed by atoms with E-state index >= 15 is 0 Å². The van der Waals surface area contributed by atoms with E-state index in [1.807, 2.05) is 6.07 Å². The summed E-state index contributed by atoms with van der Waals surface area (Å²) in [4.78, 5) is 27.8. The molecule has 1 aromatic rings. The fourth-order valence-corrected chi connectivity index (χ4v) is 2.22. The molecule has 0 saturated carbocycles. The van der Waals surface area contributed by atoms with Gasteiger partial charge in [-0.3, -0.25) is 14.5 Å². The molecule has 2 rings (SSSR count). The van der Waals surface area contributed by atoms with Crippen molar-refractivity contribution in [3.8, 4) is 0 Å². The van der Waals surface area contributed by atoms with Gasteiger partial charge in [0, 0.05) is 38.8 Å². The molecule has 1 N–H and O–H groups in total. The molecule has 1 aliphatic rings. The maximum Gasteiger partial charge on any atom is 0.251 e. The highest BCUT2D eigenvalue weighted by molar-refractivity contribution is 5.96. The van der Waals surface area contributed by atoms with Gasteiger partial charge in [0.25, 0.3) is 5.91 Å². The number of morpholine rings is 1. The van der Waals surface area contributed by atoms with Gasteiger partial charge in [0.15, 0.2) is 0 Å². The second-order valence-corrected chi connectivity index (χ2v) is 5.32. The van der Waals surface area contributed by atoms with Crippen LogP contribution in [-0.4, -0.2) is 74.6 Å². The number of hydrogen-bond acceptors (Lipinski definition) is 4. The second-order valence-electron chi connectivity index (χ2n) is 5.32. The maximum atomic E-state index is 12.0. The van der Waals surface area contributed by atoms with Gasteiger partial charge >= 0.3 is 0 Å². The van der Waals surface area contributed by atoms with Crippen molar-refractivity contribution in [2.24, 2.45) is 0 Å². The summed E-state index contributed by atoms with van der Waals surface area (Å²) in [5.41, 5.74) is 0.561. The lowest BCUT2D eigenvalue weighted by atomic mass is 10.2. The number of benzene rings is 1. The van der Waals surface area contributed by atoms with Crippen molar-refractivity contribution in [3.63, 3.8) is 0 Å². The van der Waals surface area contributed by atoms with Crippen LogP contribution in [0.3, 0.4) is 0 Å². The Bertz CT molecular complexity index is 487. The molecule has 1 aromatic carbocycles. The zero-order valence-electron chi connectivity index (χ0n) is 13.0. The van der Waals surface area contributed by atoms with E-state index in [1.54, 1.807) is 36.2 Å². The van der Waals surface area contributed by atoms with Crippen molar-refractivity contribution >= 4 is 11.8 Å². The molecule has 1 heterocycles. The van der Waals surface area contributed by atoms with E-state index in [-0.39, 0.29) is 18.4 Å². The number of nitrogens with zero attached hydrogens (tertiary/aromatic N) is 2. The first kappa shape index (κ1) is 16.5. The lowest BCUT2D eigenvalue weighted by Gasteiger charge is -2.28. The fraction of sp³-hybridized carbons (Fsp3) is 0.500. The van der Waals surface area contributed by atoms with E-state index in [4.69, 9.17) is 4.74 Å². The average molecular weight is 305 g/mol. The van der Waals surface area contributed by atoms with Crippen LogP contribution >= 0.6 is 0 Å². The van der Waals surface area contributed by atoms with Crippen LogP contribution in [0, 0.1) is 0 Å². The summed E-state index contributed by atoms with van der Waals surface area (Å²) in [6, 6.07) is 8.89. The van der Waals surface area contributed by atoms with E-state index in [2.05, 4.69) is 10.2 Å². The normalized spacial score (nSPS) is 15.3. The molecule has 120 valence electrons. The summed E-state index contributed by atoms with van der Waals surface area (Å²) >= 11 is 0. The van der Waals surface area contributed by atoms with Gasteiger partial charge in [0.1, 0.15) is 0 Å². The van der Waals surface area contributed by atoms with Crippen LogP contribution in [0.15, 0.2) is 30.3 Å². The predicted molar refractivity (Wildman–Crippen MR) is 83.7 cm³/mol. The van der Waals surface area contributed by atoms with Gasteiger partial charge in [-0.25, -0.2) is 0 Å². The zero-order valence-corrected chi connectivity index (χ0v) is 13.0. The Hall–Kier alpha value is -1.92. The van der Waals surface area contributed by atoms with Crippen molar-refractivity contribution in [3.05, 3.63) is 35.9 Å². The minimum atomic E-state index is -0.226. The first-order valence-corrected chi connectivity index (χ1v) is 7.54. The van der Waals surface area contributed by atoms with E-state index in [0.717, 1.165) is 32.8 Å². The van der Waals surface area contributed by atoms with Crippen molar-refractivity contribution < 1.29 is 14.3 Å². The fourth-order valence-electron chi connectivity index (χ4n) is 2.22. The monoisotopic (exact) mass is 305 g/mol. The van der Waals surface area contributed by atoms with Crippen molar-refractivity contribution in [2.45, 2.75) is 0 Å². The summed E-state index contributed by atoms with van der Waals surface area (Å²) < 4.78 is 5.29. The highest BCUT2D eigenvalue weighted by atomic mass is 16.5. The lowest BCUT2D eigenvalue weighted by molar-refractivity contribution is -0.129. The molecule has 22 heavy (non-hydrogen) atoms. The van der Waals surface area contributed by atoms with Gasteiger partial charge in [-0.2, -0.15) is 0 Å². The number of nitrogens with one attached hydrogen (secondary N) is 1. The Balaban J connectivity index is 1.68. The number of rotatable bonds is 6. The summed E-state index contributed by atoms with van der Waals surface area (Å²) in [6.45, 7) is 4.83. The average Bonchev–Trinajstić information content (AvgIpc) is 2.58. The number of amides is 2. The summed E-state index contributed by atoms with van der Waals surface area (Å²) in [5.74, 6) is -0.312. The second kappa shape index (κ2) is 8.51. The largest absolute Gasteiger partial charge is 0.379 e. The summed E-state index contributed by atoms with van der Waals surface area (Å²) in [5, 5.41) is 2.65. The Labute approximate surface area is 131 Å². The molecule has 6 heteroatoms. The third kappa shape index (κ3) is 5.13. The minimum Gasteiger partial charge on any atom is -0.379 e. The third-order valence-corrected chi connectivity index (χ3v) is 3.72. The van der Waals surface area contributed by atoms with Crippen molar-refractivity contribution in [2.75, 3.05) is 53.0 Å². The Morgan fingerprint density at radius 3 is 2.59 bits per heavy atom. The van der Waals surface area contributed by atoms with Crippen molar-refractivity contribution in [1.82, 2.24) is 15.1 Å². The van der Waals surface area contributed by atoms with Gasteiger partial charge in [0.2, 0.25) is 5.91 Å². The van der Waals surface area contributed by atoms with E-state index in [9.17, 15) is 9.59 Å². The first-order valence-electron chi connectivity index (χ1n) is 7.54. The van der Waals surface area contributed by atoms with E-state index in [1.165, 1.54) is 0 Å². The maximum absolute atomic E-state index is 12.0. The zero-order chi connectivity index (χ0) is 15.8. The molecule has 0 radical (unpaired) electrons. The molecule has 0 aromatic heterocycles. The van der Waals surface area contributed by atoms with E-state index < -0.39 is 0 Å². The standard InChI is InChI=1S/C16H23N3O3/c1-18(7-8-19-9-11-22-12-10-19)15(20)13-17-16(21)14-5-3-2-4-6-14/h2-6H,7-13H2,1H3,(H,17,21). The molecule has 0 unspecified atom stereocenters. The van der Waals surface area contributed by atoms with Gasteiger partial charge < -0.3 is 15.0 Å². The molecule has 6 nitrogen and oxygen atoms in total. The van der Waals surface area contributed by atoms with Crippen LogP contribution in [0.4, 0.5) is 0 Å². The SMILES string of the molecule is CN(CCN1CCOCC1)C(=O)CNC(=O)c1ccccc1. The topological polar surface area (TPSA) is 61.9 Å². The Morgan fingerprint density at radius 2 is 1.91 bits per heavy atom. The van der Waals surface area contributed by atoms with Gasteiger partial charge in [-0.1, -0.05) is 18.2 Å². The Kier molecular flexibility index (Phi) is 6.36. The summed E-state index contributed by atoms with van der Waals surface area (Å²) in [7, 11) is 1.76. The van der Waals surface area contributed by atoms with Crippen molar-refractivity contribution in [1.29, 1.82) is 0 Å². The smallest absolute Gasteiger partial charge is 0.251 e. The van der Waals surface area contributed by atoms with Crippen LogP contribution in [-0.2, 0) is 9.53 Å². The third-order valence-electron chi connectivity index (χ3n) is 3.72. The van der Waals surface area contributed by atoms with Gasteiger partial charge in [-0.05, 0) is 12.1 Å². The minimum absolute atomic E-state index is 0.0212. The van der Waals surface area contributed by atoms with Gasteiger partial charge in [0.05, 0.1) is 19.8 Å². The molecule has 1 saturated heterocycles. The van der Waals surface area contributed by atoms with Crippen LogP contribution in [0.5, 0.6) is 0 Å². The number of carbonyl (C=O) groups is 2. The van der Waals surface area contributed by atoms with Gasteiger partial charge in [-0.15, -0.1) is 0 Å². The molecule has 0 bridgehead atoms. The molecule has 1 fully saturated rings. The Morgan fingerprint density at radius 1 is 1.23 bits per heavy atom. The molecule has 0 aliphatic carbocycles. The molecular weight excluding hydrogens is 282 g/mol. The highest BCUT2D eigenvalue weighted by Crippen LogP contribution is 1.99. The molecule has 0 atom stereocenters. The van der Waals surface area contributed by atoms with Crippen LogP contribution in [0.1, 0.15) is 10.4 Å². The molecular formula is C16H23N3O3. The lowest BCUT2D eigenvalue weighted by Crippen LogP contribution is -2.44. The first-order chi connectivity index (χ1) is 10.7. The van der Waals surface area contributed by atoms with Crippen LogP contribution in [0.2, 0.25) is 0 Å². The molecule has 1 aliphatic heterocycles. The molecule has 0 spiro atoms. The van der Waals surface area contributed by atoms with E-state index in [0.29, 0.717) is 12.1 Å². The highest BCUT2D eigenvalue weighted by Gasteiger charge is 2.14. The number of ether oxygens (including phenoxy) is 1. The van der Waals surface area contributed by atoms with Crippen LogP contribution in [0.25, 0.3) is 0 Å². The number of carbonyl (C=O) groups excluding carboxylic acids is 2. The number of likely N-dealkylation sites (N-methyl/N-ethyl adjacent to an activating group) is 1. The number of hydrogen-bond donors (Lipinski definition) is 1. The quantitative estimate of drug-likeness (QED) is 0.816.